The lowest BCUT2D eigenvalue weighted by molar-refractivity contribution is 0.0734. The Morgan fingerprint density at radius 3 is 2.26 bits per heavy atom. The predicted octanol–water partition coefficient (Wildman–Crippen LogP) is 5.76. The molecule has 0 atom stereocenters. The fourth-order valence-corrected chi connectivity index (χ4v) is 2.55. The van der Waals surface area contributed by atoms with E-state index < -0.39 is 5.97 Å². The maximum atomic E-state index is 12.2. The van der Waals surface area contributed by atoms with Crippen LogP contribution in [-0.4, -0.2) is 11.8 Å². The summed E-state index contributed by atoms with van der Waals surface area (Å²) < 4.78 is 5.38. The Bertz CT molecular complexity index is 987. The minimum absolute atomic E-state index is 0.0847. The molecule has 3 aromatic rings. The third kappa shape index (κ3) is 5.16. The van der Waals surface area contributed by atoms with Crippen LogP contribution in [0.15, 0.2) is 78.9 Å². The highest BCUT2D eigenvalue weighted by atomic mass is 35.5. The molecule has 0 heterocycles. The van der Waals surface area contributed by atoms with Gasteiger partial charge in [-0.1, -0.05) is 59.6 Å². The number of aryl methyl sites for hydroxylation is 1. The normalized spacial score (nSPS) is 10.7. The van der Waals surface area contributed by atoms with E-state index in [0.717, 1.165) is 11.1 Å². The van der Waals surface area contributed by atoms with Gasteiger partial charge in [0.2, 0.25) is 0 Å². The number of carbonyl (C=O) groups is 2. The topological polar surface area (TPSA) is 43.4 Å². The Balaban J connectivity index is 1.69. The number of ketones is 1. The number of hydrogen-bond donors (Lipinski definition) is 0. The lowest BCUT2D eigenvalue weighted by Gasteiger charge is -2.05. The SMILES string of the molecule is Cc1ccc(C(=O)/C=C/c2cccc(OC(=O)c3ccc(Cl)cc3)c2)cc1. The number of rotatable bonds is 5. The lowest BCUT2D eigenvalue weighted by atomic mass is 10.1. The summed E-state index contributed by atoms with van der Waals surface area (Å²) >= 11 is 5.82. The van der Waals surface area contributed by atoms with Crippen molar-refractivity contribution in [3.05, 3.63) is 106 Å². The zero-order chi connectivity index (χ0) is 19.2. The quantitative estimate of drug-likeness (QED) is 0.246. The first kappa shape index (κ1) is 18.6. The van der Waals surface area contributed by atoms with Crippen LogP contribution in [0.3, 0.4) is 0 Å². The molecule has 4 heteroatoms. The summed E-state index contributed by atoms with van der Waals surface area (Å²) in [7, 11) is 0. The van der Waals surface area contributed by atoms with Crippen molar-refractivity contribution in [2.45, 2.75) is 6.92 Å². The van der Waals surface area contributed by atoms with Gasteiger partial charge >= 0.3 is 5.97 Å². The molecule has 134 valence electrons. The summed E-state index contributed by atoms with van der Waals surface area (Å²) in [4.78, 5) is 24.4. The zero-order valence-corrected chi connectivity index (χ0v) is 15.4. The molecular weight excluding hydrogens is 360 g/mol. The van der Waals surface area contributed by atoms with Crippen molar-refractivity contribution in [3.63, 3.8) is 0 Å². The molecule has 27 heavy (non-hydrogen) atoms. The third-order valence-electron chi connectivity index (χ3n) is 3.91. The molecule has 0 fully saturated rings. The van der Waals surface area contributed by atoms with Crippen LogP contribution in [0.25, 0.3) is 6.08 Å². The van der Waals surface area contributed by atoms with Crippen molar-refractivity contribution in [3.8, 4) is 5.75 Å². The van der Waals surface area contributed by atoms with Gasteiger partial charge in [-0.05, 0) is 55.0 Å². The van der Waals surface area contributed by atoms with Crippen molar-refractivity contribution in [2.75, 3.05) is 0 Å². The van der Waals surface area contributed by atoms with Gasteiger partial charge in [0.15, 0.2) is 5.78 Å². The van der Waals surface area contributed by atoms with E-state index in [1.165, 1.54) is 6.08 Å². The van der Waals surface area contributed by atoms with E-state index in [4.69, 9.17) is 16.3 Å². The zero-order valence-electron chi connectivity index (χ0n) is 14.7. The Labute approximate surface area is 162 Å². The fraction of sp³-hybridized carbons (Fsp3) is 0.0435. The smallest absolute Gasteiger partial charge is 0.343 e. The second-order valence-corrected chi connectivity index (χ2v) is 6.47. The molecule has 3 rings (SSSR count). The monoisotopic (exact) mass is 376 g/mol. The molecule has 0 radical (unpaired) electrons. The lowest BCUT2D eigenvalue weighted by Crippen LogP contribution is -2.08. The van der Waals surface area contributed by atoms with Crippen molar-refractivity contribution in [1.29, 1.82) is 0 Å². The van der Waals surface area contributed by atoms with Crippen molar-refractivity contribution in [2.24, 2.45) is 0 Å². The van der Waals surface area contributed by atoms with Gasteiger partial charge in [-0.15, -0.1) is 0 Å². The molecule has 0 saturated carbocycles. The van der Waals surface area contributed by atoms with Crippen molar-refractivity contribution in [1.82, 2.24) is 0 Å². The molecular formula is C23H17ClO3. The number of esters is 1. The van der Waals surface area contributed by atoms with Crippen LogP contribution in [-0.2, 0) is 0 Å². The Morgan fingerprint density at radius 2 is 1.56 bits per heavy atom. The molecule has 0 aliphatic heterocycles. The minimum atomic E-state index is -0.469. The van der Waals surface area contributed by atoms with Crippen LogP contribution in [0.1, 0.15) is 31.8 Å². The second kappa shape index (κ2) is 8.47. The Morgan fingerprint density at radius 1 is 0.889 bits per heavy atom. The minimum Gasteiger partial charge on any atom is -0.423 e. The van der Waals surface area contributed by atoms with Crippen LogP contribution >= 0.6 is 11.6 Å². The Kier molecular flexibility index (Phi) is 5.84. The van der Waals surface area contributed by atoms with E-state index in [9.17, 15) is 9.59 Å². The molecule has 0 amide bonds. The Hall–Kier alpha value is -3.17. The molecule has 0 bridgehead atoms. The first-order valence-electron chi connectivity index (χ1n) is 8.38. The van der Waals surface area contributed by atoms with Crippen LogP contribution in [0.4, 0.5) is 0 Å². The summed E-state index contributed by atoms with van der Waals surface area (Å²) in [6.45, 7) is 1.97. The molecule has 0 N–H and O–H groups in total. The summed E-state index contributed by atoms with van der Waals surface area (Å²) in [5.41, 5.74) is 2.90. The average molecular weight is 377 g/mol. The van der Waals surface area contributed by atoms with Crippen LogP contribution in [0.2, 0.25) is 5.02 Å². The van der Waals surface area contributed by atoms with Gasteiger partial charge < -0.3 is 4.74 Å². The molecule has 3 nitrogen and oxygen atoms in total. The fourth-order valence-electron chi connectivity index (χ4n) is 2.42. The maximum Gasteiger partial charge on any atom is 0.343 e. The number of hydrogen-bond acceptors (Lipinski definition) is 3. The van der Waals surface area contributed by atoms with Gasteiger partial charge in [0.25, 0.3) is 0 Å². The number of ether oxygens (including phenoxy) is 1. The van der Waals surface area contributed by atoms with Crippen molar-refractivity contribution < 1.29 is 14.3 Å². The summed E-state index contributed by atoms with van der Waals surface area (Å²) in [5.74, 6) is -0.151. The molecule has 0 aliphatic rings. The van der Waals surface area contributed by atoms with Gasteiger partial charge in [-0.3, -0.25) is 4.79 Å². The molecule has 0 aliphatic carbocycles. The van der Waals surface area contributed by atoms with Gasteiger partial charge in [-0.2, -0.15) is 0 Å². The van der Waals surface area contributed by atoms with Gasteiger partial charge in [0, 0.05) is 10.6 Å². The third-order valence-corrected chi connectivity index (χ3v) is 4.16. The highest BCUT2D eigenvalue weighted by molar-refractivity contribution is 6.30. The molecule has 0 aromatic heterocycles. The van der Waals surface area contributed by atoms with Gasteiger partial charge in [0.05, 0.1) is 5.56 Å². The highest BCUT2D eigenvalue weighted by Crippen LogP contribution is 2.18. The number of allylic oxidation sites excluding steroid dienone is 1. The summed E-state index contributed by atoms with van der Waals surface area (Å²) in [6.07, 6.45) is 3.20. The van der Waals surface area contributed by atoms with E-state index in [1.807, 2.05) is 25.1 Å². The molecule has 0 saturated heterocycles. The van der Waals surface area contributed by atoms with Gasteiger partial charge in [0.1, 0.15) is 5.75 Å². The van der Waals surface area contributed by atoms with E-state index >= 15 is 0 Å². The van der Waals surface area contributed by atoms with E-state index in [0.29, 0.717) is 21.9 Å². The highest BCUT2D eigenvalue weighted by Gasteiger charge is 2.08. The van der Waals surface area contributed by atoms with Gasteiger partial charge in [-0.25, -0.2) is 4.79 Å². The predicted molar refractivity (Wildman–Crippen MR) is 107 cm³/mol. The van der Waals surface area contributed by atoms with Crippen LogP contribution < -0.4 is 4.74 Å². The first-order chi connectivity index (χ1) is 13.0. The number of halogens is 1. The molecule has 3 aromatic carbocycles. The number of carbonyl (C=O) groups excluding carboxylic acids is 2. The second-order valence-electron chi connectivity index (χ2n) is 6.03. The largest absolute Gasteiger partial charge is 0.423 e. The van der Waals surface area contributed by atoms with Crippen molar-refractivity contribution >= 4 is 29.4 Å². The van der Waals surface area contributed by atoms with Crippen LogP contribution in [0, 0.1) is 6.92 Å². The molecule has 0 spiro atoms. The van der Waals surface area contributed by atoms with E-state index in [-0.39, 0.29) is 5.78 Å². The number of benzene rings is 3. The van der Waals surface area contributed by atoms with E-state index in [1.54, 1.807) is 60.7 Å². The first-order valence-corrected chi connectivity index (χ1v) is 8.76. The summed E-state index contributed by atoms with van der Waals surface area (Å²) in [6, 6.07) is 20.9. The summed E-state index contributed by atoms with van der Waals surface area (Å²) in [5, 5.41) is 0.553. The average Bonchev–Trinajstić information content (AvgIpc) is 2.67. The van der Waals surface area contributed by atoms with E-state index in [2.05, 4.69) is 0 Å². The molecule has 0 unspecified atom stereocenters. The standard InChI is InChI=1S/C23H17ClO3/c1-16-5-8-18(9-6-16)22(25)14-7-17-3-2-4-21(15-17)27-23(26)19-10-12-20(24)13-11-19/h2-15H,1H3/b14-7+. The maximum absolute atomic E-state index is 12.2. The van der Waals surface area contributed by atoms with Crippen LogP contribution in [0.5, 0.6) is 5.75 Å².